The fourth-order valence-electron chi connectivity index (χ4n) is 3.79. The number of aromatic nitrogens is 3. The van der Waals surface area contributed by atoms with Crippen LogP contribution in [0.4, 0.5) is 0 Å². The fourth-order valence-corrected chi connectivity index (χ4v) is 5.26. The number of nitrogens with zero attached hydrogens (tertiary/aromatic N) is 3. The zero-order valence-corrected chi connectivity index (χ0v) is 17.1. The van der Waals surface area contributed by atoms with Gasteiger partial charge in [-0.2, -0.15) is 0 Å². The zero-order chi connectivity index (χ0) is 18.5. The highest BCUT2D eigenvalue weighted by Crippen LogP contribution is 2.29. The molecule has 1 saturated heterocycles. The minimum atomic E-state index is 0.0937. The van der Waals surface area contributed by atoms with Crippen LogP contribution in [0.5, 0.6) is 0 Å². The third kappa shape index (κ3) is 4.92. The van der Waals surface area contributed by atoms with Crippen LogP contribution in [0.1, 0.15) is 44.9 Å². The third-order valence-corrected chi connectivity index (χ3v) is 7.00. The van der Waals surface area contributed by atoms with Crippen LogP contribution in [0.3, 0.4) is 0 Å². The topological polar surface area (TPSA) is 69.0 Å². The van der Waals surface area contributed by atoms with E-state index in [2.05, 4.69) is 26.1 Å². The smallest absolute Gasteiger partial charge is 0.230 e. The third-order valence-electron chi connectivity index (χ3n) is 5.17. The lowest BCUT2D eigenvalue weighted by Crippen LogP contribution is -2.37. The highest BCUT2D eigenvalue weighted by Gasteiger charge is 2.23. The molecule has 1 aliphatic carbocycles. The van der Waals surface area contributed by atoms with Crippen molar-refractivity contribution in [1.29, 1.82) is 0 Å². The van der Waals surface area contributed by atoms with Crippen LogP contribution in [0.25, 0.3) is 10.7 Å². The average molecular weight is 407 g/mol. The molecule has 0 radical (unpaired) electrons. The van der Waals surface area contributed by atoms with E-state index in [0.29, 0.717) is 11.8 Å². The summed E-state index contributed by atoms with van der Waals surface area (Å²) in [6, 6.07) is 4.43. The summed E-state index contributed by atoms with van der Waals surface area (Å²) in [6.45, 7) is 1.57. The number of hydrogen-bond donors (Lipinski definition) is 1. The quantitative estimate of drug-likeness (QED) is 0.710. The van der Waals surface area contributed by atoms with Gasteiger partial charge in [-0.3, -0.25) is 9.36 Å². The highest BCUT2D eigenvalue weighted by atomic mass is 32.2. The van der Waals surface area contributed by atoms with Crippen molar-refractivity contribution >= 4 is 29.0 Å². The van der Waals surface area contributed by atoms with E-state index in [1.54, 1.807) is 11.3 Å². The maximum atomic E-state index is 12.4. The van der Waals surface area contributed by atoms with Crippen LogP contribution < -0.4 is 5.32 Å². The molecular formula is C19H26N4O2S2. The number of ether oxygens (including phenoxy) is 1. The Bertz CT molecular complexity index is 735. The molecule has 0 spiro atoms. The second-order valence-corrected chi connectivity index (χ2v) is 9.11. The Morgan fingerprint density at radius 3 is 2.89 bits per heavy atom. The maximum Gasteiger partial charge on any atom is 0.230 e. The molecule has 1 amide bonds. The lowest BCUT2D eigenvalue weighted by atomic mass is 9.95. The predicted molar refractivity (Wildman–Crippen MR) is 108 cm³/mol. The van der Waals surface area contributed by atoms with Crippen LogP contribution in [0, 0.1) is 0 Å². The number of thiophene rings is 1. The SMILES string of the molecule is O=C(CSc1nnc(-c2cccs2)n1CC1CCCO1)NC1CCCCC1. The summed E-state index contributed by atoms with van der Waals surface area (Å²) in [5.74, 6) is 1.34. The molecule has 146 valence electrons. The van der Waals surface area contributed by atoms with E-state index >= 15 is 0 Å². The molecule has 4 rings (SSSR count). The number of hydrogen-bond acceptors (Lipinski definition) is 6. The second-order valence-electron chi connectivity index (χ2n) is 7.22. The first-order chi connectivity index (χ1) is 13.3. The first-order valence-corrected chi connectivity index (χ1v) is 11.7. The van der Waals surface area contributed by atoms with Crippen LogP contribution in [-0.4, -0.2) is 45.2 Å². The molecular weight excluding hydrogens is 380 g/mol. The van der Waals surface area contributed by atoms with Gasteiger partial charge < -0.3 is 10.1 Å². The lowest BCUT2D eigenvalue weighted by molar-refractivity contribution is -0.119. The van der Waals surface area contributed by atoms with Gasteiger partial charge in [0.05, 0.1) is 23.3 Å². The van der Waals surface area contributed by atoms with Crippen molar-refractivity contribution in [3.8, 4) is 10.7 Å². The van der Waals surface area contributed by atoms with E-state index in [-0.39, 0.29) is 12.0 Å². The summed E-state index contributed by atoms with van der Waals surface area (Å²) in [5.41, 5.74) is 0. The van der Waals surface area contributed by atoms with Crippen molar-refractivity contribution in [1.82, 2.24) is 20.1 Å². The molecule has 1 unspecified atom stereocenters. The van der Waals surface area contributed by atoms with Gasteiger partial charge in [0.2, 0.25) is 5.91 Å². The average Bonchev–Trinajstić information content (AvgIpc) is 3.44. The number of carbonyl (C=O) groups is 1. The number of rotatable bonds is 7. The van der Waals surface area contributed by atoms with Crippen LogP contribution in [0.15, 0.2) is 22.7 Å². The Hall–Kier alpha value is -1.38. The fraction of sp³-hybridized carbons (Fsp3) is 0.632. The van der Waals surface area contributed by atoms with Gasteiger partial charge in [0, 0.05) is 12.6 Å². The van der Waals surface area contributed by atoms with Gasteiger partial charge >= 0.3 is 0 Å². The first kappa shape index (κ1) is 19.0. The molecule has 0 aromatic carbocycles. The van der Waals surface area contributed by atoms with Gasteiger partial charge in [0.25, 0.3) is 0 Å². The number of thioether (sulfide) groups is 1. The highest BCUT2D eigenvalue weighted by molar-refractivity contribution is 7.99. The van der Waals surface area contributed by atoms with E-state index in [1.807, 2.05) is 11.4 Å². The van der Waals surface area contributed by atoms with E-state index in [4.69, 9.17) is 4.74 Å². The predicted octanol–water partition coefficient (Wildman–Crippen LogP) is 3.73. The molecule has 2 aliphatic rings. The van der Waals surface area contributed by atoms with E-state index in [0.717, 1.165) is 54.7 Å². The summed E-state index contributed by atoms with van der Waals surface area (Å²) in [5, 5.41) is 14.8. The molecule has 6 nitrogen and oxygen atoms in total. The summed E-state index contributed by atoms with van der Waals surface area (Å²) >= 11 is 3.13. The summed E-state index contributed by atoms with van der Waals surface area (Å²) in [6.07, 6.45) is 8.31. The number of amides is 1. The Morgan fingerprint density at radius 2 is 2.15 bits per heavy atom. The zero-order valence-electron chi connectivity index (χ0n) is 15.4. The summed E-state index contributed by atoms with van der Waals surface area (Å²) < 4.78 is 7.94. The molecule has 8 heteroatoms. The van der Waals surface area contributed by atoms with Crippen molar-refractivity contribution in [2.75, 3.05) is 12.4 Å². The molecule has 1 saturated carbocycles. The number of carbonyl (C=O) groups excluding carboxylic acids is 1. The normalized spacial score (nSPS) is 20.8. The molecule has 1 atom stereocenters. The van der Waals surface area contributed by atoms with Gasteiger partial charge in [-0.05, 0) is 37.1 Å². The van der Waals surface area contributed by atoms with Gasteiger partial charge in [-0.25, -0.2) is 0 Å². The van der Waals surface area contributed by atoms with E-state index in [1.165, 1.54) is 31.0 Å². The largest absolute Gasteiger partial charge is 0.376 e. The summed E-state index contributed by atoms with van der Waals surface area (Å²) in [7, 11) is 0. The number of nitrogens with one attached hydrogen (secondary N) is 1. The standard InChI is InChI=1S/C19H26N4O2S2/c24-17(20-14-6-2-1-3-7-14)13-27-19-22-21-18(16-9-5-11-26-16)23(19)12-15-8-4-10-25-15/h5,9,11,14-15H,1-4,6-8,10,12-13H2,(H,20,24). The summed E-state index contributed by atoms with van der Waals surface area (Å²) in [4.78, 5) is 13.5. The maximum absolute atomic E-state index is 12.4. The molecule has 3 heterocycles. The van der Waals surface area contributed by atoms with Gasteiger partial charge in [-0.1, -0.05) is 37.1 Å². The molecule has 2 fully saturated rings. The minimum absolute atomic E-state index is 0.0937. The van der Waals surface area contributed by atoms with Crippen molar-refractivity contribution in [2.24, 2.45) is 0 Å². The van der Waals surface area contributed by atoms with Crippen LogP contribution >= 0.6 is 23.1 Å². The molecule has 27 heavy (non-hydrogen) atoms. The molecule has 2 aromatic heterocycles. The Labute approximate surface area is 168 Å². The van der Waals surface area contributed by atoms with Gasteiger partial charge in [0.1, 0.15) is 0 Å². The minimum Gasteiger partial charge on any atom is -0.376 e. The van der Waals surface area contributed by atoms with E-state index < -0.39 is 0 Å². The van der Waals surface area contributed by atoms with Crippen molar-refractivity contribution < 1.29 is 9.53 Å². The monoisotopic (exact) mass is 406 g/mol. The second kappa shape index (κ2) is 9.21. The Kier molecular flexibility index (Phi) is 6.47. The van der Waals surface area contributed by atoms with Crippen LogP contribution in [-0.2, 0) is 16.1 Å². The first-order valence-electron chi connectivity index (χ1n) is 9.80. The van der Waals surface area contributed by atoms with E-state index in [9.17, 15) is 4.79 Å². The Morgan fingerprint density at radius 1 is 1.26 bits per heavy atom. The molecule has 2 aromatic rings. The lowest BCUT2D eigenvalue weighted by Gasteiger charge is -2.22. The van der Waals surface area contributed by atoms with Crippen molar-refractivity contribution in [2.45, 2.75) is 68.8 Å². The molecule has 1 aliphatic heterocycles. The Balaban J connectivity index is 1.42. The van der Waals surface area contributed by atoms with Gasteiger partial charge in [-0.15, -0.1) is 21.5 Å². The van der Waals surface area contributed by atoms with Crippen molar-refractivity contribution in [3.63, 3.8) is 0 Å². The molecule has 1 N–H and O–H groups in total. The van der Waals surface area contributed by atoms with Crippen molar-refractivity contribution in [3.05, 3.63) is 17.5 Å². The molecule has 0 bridgehead atoms. The van der Waals surface area contributed by atoms with Gasteiger partial charge in [0.15, 0.2) is 11.0 Å². The van der Waals surface area contributed by atoms with Crippen LogP contribution in [0.2, 0.25) is 0 Å².